The van der Waals surface area contributed by atoms with Gasteiger partial charge in [0.25, 0.3) is 0 Å². The van der Waals surface area contributed by atoms with Crippen LogP contribution in [-0.4, -0.2) is 36.9 Å². The summed E-state index contributed by atoms with van der Waals surface area (Å²) in [5, 5.41) is 20.9. The van der Waals surface area contributed by atoms with E-state index in [0.717, 1.165) is 35.8 Å². The van der Waals surface area contributed by atoms with Gasteiger partial charge in [0.1, 0.15) is 5.75 Å². The van der Waals surface area contributed by atoms with Gasteiger partial charge in [-0.1, -0.05) is 0 Å². The van der Waals surface area contributed by atoms with Gasteiger partial charge in [0, 0.05) is 31.0 Å². The highest BCUT2D eigenvalue weighted by Gasteiger charge is 2.03. The fourth-order valence-electron chi connectivity index (χ4n) is 1.62. The Hall–Kier alpha value is -1.22. The van der Waals surface area contributed by atoms with E-state index in [-0.39, 0.29) is 6.61 Å². The molecule has 0 bridgehead atoms. The molecule has 0 unspecified atom stereocenters. The summed E-state index contributed by atoms with van der Waals surface area (Å²) in [6.45, 7) is 1.86. The molecule has 0 aromatic heterocycles. The normalized spacial score (nSPS) is 10.2. The molecule has 0 atom stereocenters. The molecule has 1 rings (SSSR count). The highest BCUT2D eigenvalue weighted by molar-refractivity contribution is 7.99. The molecule has 0 spiro atoms. The molecule has 1 aromatic rings. The van der Waals surface area contributed by atoms with Gasteiger partial charge in [0.2, 0.25) is 0 Å². The quantitative estimate of drug-likeness (QED) is 0.675. The third kappa shape index (κ3) is 5.97. The summed E-state index contributed by atoms with van der Waals surface area (Å²) in [4.78, 5) is 0. The first-order valence-corrected chi connectivity index (χ1v) is 7.43. The van der Waals surface area contributed by atoms with E-state index in [1.165, 1.54) is 0 Å². The van der Waals surface area contributed by atoms with Crippen molar-refractivity contribution in [2.24, 2.45) is 0 Å². The molecule has 0 aliphatic carbocycles. The Kier molecular flexibility index (Phi) is 8.07. The van der Waals surface area contributed by atoms with Crippen LogP contribution in [0, 0.1) is 11.3 Å². The average Bonchev–Trinajstić information content (AvgIpc) is 2.46. The molecule has 0 fully saturated rings. The summed E-state index contributed by atoms with van der Waals surface area (Å²) in [6.07, 6.45) is 0.850. The van der Waals surface area contributed by atoms with E-state index in [0.29, 0.717) is 12.1 Å². The van der Waals surface area contributed by atoms with Crippen molar-refractivity contribution in [3.05, 3.63) is 29.3 Å². The fraction of sp³-hybridized carbons (Fsp3) is 0.500. The van der Waals surface area contributed by atoms with Crippen molar-refractivity contribution in [1.82, 2.24) is 5.32 Å². The van der Waals surface area contributed by atoms with Crippen molar-refractivity contribution in [3.8, 4) is 11.8 Å². The molecule has 104 valence electrons. The van der Waals surface area contributed by atoms with Crippen LogP contribution in [0.1, 0.15) is 17.5 Å². The maximum absolute atomic E-state index is 8.88. The first-order chi connectivity index (χ1) is 9.31. The zero-order chi connectivity index (χ0) is 13.9. The summed E-state index contributed by atoms with van der Waals surface area (Å²) in [7, 11) is 1.63. The minimum absolute atomic E-state index is 0.262. The lowest BCUT2D eigenvalue weighted by Crippen LogP contribution is -2.17. The maximum Gasteiger partial charge on any atom is 0.123 e. The van der Waals surface area contributed by atoms with Gasteiger partial charge < -0.3 is 15.2 Å². The number of methoxy groups -OCH3 is 1. The van der Waals surface area contributed by atoms with E-state index in [9.17, 15) is 0 Å². The van der Waals surface area contributed by atoms with E-state index in [1.807, 2.05) is 23.9 Å². The standard InChI is InChI=1S/C14H20N2O2S/c1-18-14-4-3-12(10-15)9-13(14)11-16-5-8-19-7-2-6-17/h3-4,9,16-17H,2,5-8,11H2,1H3. The number of rotatable bonds is 9. The van der Waals surface area contributed by atoms with E-state index in [4.69, 9.17) is 15.1 Å². The number of hydrogen-bond donors (Lipinski definition) is 2. The van der Waals surface area contributed by atoms with Crippen molar-refractivity contribution in [2.45, 2.75) is 13.0 Å². The Balaban J connectivity index is 2.34. The van der Waals surface area contributed by atoms with Crippen LogP contribution in [0.4, 0.5) is 0 Å². The van der Waals surface area contributed by atoms with Gasteiger partial charge in [0.15, 0.2) is 0 Å². The van der Waals surface area contributed by atoms with E-state index in [2.05, 4.69) is 11.4 Å². The molecule has 0 aliphatic heterocycles. The molecule has 0 saturated heterocycles. The summed E-state index contributed by atoms with van der Waals surface area (Å²) in [6, 6.07) is 7.57. The van der Waals surface area contributed by atoms with Crippen molar-refractivity contribution >= 4 is 11.8 Å². The van der Waals surface area contributed by atoms with Crippen LogP contribution < -0.4 is 10.1 Å². The van der Waals surface area contributed by atoms with Gasteiger partial charge >= 0.3 is 0 Å². The zero-order valence-corrected chi connectivity index (χ0v) is 12.0. The second kappa shape index (κ2) is 9.68. The number of hydrogen-bond acceptors (Lipinski definition) is 5. The lowest BCUT2D eigenvalue weighted by molar-refractivity contribution is 0.296. The van der Waals surface area contributed by atoms with Crippen LogP contribution in [0.15, 0.2) is 18.2 Å². The van der Waals surface area contributed by atoms with Crippen LogP contribution in [0.25, 0.3) is 0 Å². The predicted octanol–water partition coefficient (Wildman–Crippen LogP) is 1.77. The summed E-state index contributed by atoms with van der Waals surface area (Å²) < 4.78 is 5.27. The van der Waals surface area contributed by atoms with Crippen molar-refractivity contribution in [1.29, 1.82) is 5.26 Å². The van der Waals surface area contributed by atoms with Crippen molar-refractivity contribution in [2.75, 3.05) is 31.8 Å². The van der Waals surface area contributed by atoms with Crippen molar-refractivity contribution in [3.63, 3.8) is 0 Å². The molecule has 0 saturated carbocycles. The number of benzene rings is 1. The summed E-state index contributed by atoms with van der Waals surface area (Å²) >= 11 is 1.82. The molecule has 1 aromatic carbocycles. The minimum atomic E-state index is 0.262. The van der Waals surface area contributed by atoms with Crippen molar-refractivity contribution < 1.29 is 9.84 Å². The van der Waals surface area contributed by atoms with Crippen LogP contribution in [0.5, 0.6) is 5.75 Å². The van der Waals surface area contributed by atoms with Gasteiger partial charge in [-0.15, -0.1) is 0 Å². The Morgan fingerprint density at radius 2 is 2.26 bits per heavy atom. The second-order valence-corrected chi connectivity index (χ2v) is 5.23. The summed E-state index contributed by atoms with van der Waals surface area (Å²) in [5.74, 6) is 2.81. The number of nitriles is 1. The van der Waals surface area contributed by atoms with Gasteiger partial charge in [-0.25, -0.2) is 0 Å². The maximum atomic E-state index is 8.88. The van der Waals surface area contributed by atoms with Gasteiger partial charge in [-0.2, -0.15) is 17.0 Å². The summed E-state index contributed by atoms with van der Waals surface area (Å²) in [5.41, 5.74) is 1.65. The number of nitrogens with one attached hydrogen (secondary N) is 1. The molecule has 2 N–H and O–H groups in total. The van der Waals surface area contributed by atoms with Crippen LogP contribution >= 0.6 is 11.8 Å². The molecule has 0 aliphatic rings. The lowest BCUT2D eigenvalue weighted by Gasteiger charge is -2.10. The second-order valence-electron chi connectivity index (χ2n) is 4.00. The lowest BCUT2D eigenvalue weighted by atomic mass is 10.1. The molecule has 4 nitrogen and oxygen atoms in total. The van der Waals surface area contributed by atoms with Crippen LogP contribution in [0.3, 0.4) is 0 Å². The van der Waals surface area contributed by atoms with Gasteiger partial charge in [-0.05, 0) is 30.4 Å². The molecule has 0 radical (unpaired) electrons. The Bertz CT molecular complexity index is 418. The zero-order valence-electron chi connectivity index (χ0n) is 11.2. The van der Waals surface area contributed by atoms with Gasteiger partial charge in [-0.3, -0.25) is 0 Å². The monoisotopic (exact) mass is 280 g/mol. The molecular weight excluding hydrogens is 260 g/mol. The van der Waals surface area contributed by atoms with E-state index >= 15 is 0 Å². The topological polar surface area (TPSA) is 65.3 Å². The van der Waals surface area contributed by atoms with Crippen LogP contribution in [-0.2, 0) is 6.54 Å². The van der Waals surface area contributed by atoms with Gasteiger partial charge in [0.05, 0.1) is 18.7 Å². The number of nitrogens with zero attached hydrogens (tertiary/aromatic N) is 1. The number of aliphatic hydroxyl groups is 1. The smallest absolute Gasteiger partial charge is 0.123 e. The third-order valence-electron chi connectivity index (χ3n) is 2.59. The first-order valence-electron chi connectivity index (χ1n) is 6.28. The minimum Gasteiger partial charge on any atom is -0.496 e. The SMILES string of the molecule is COc1ccc(C#N)cc1CNCCSCCCO. The number of aliphatic hydroxyl groups excluding tert-OH is 1. The predicted molar refractivity (Wildman–Crippen MR) is 78.4 cm³/mol. The molecule has 0 amide bonds. The van der Waals surface area contributed by atoms with E-state index in [1.54, 1.807) is 13.2 Å². The number of thioether (sulfide) groups is 1. The first kappa shape index (κ1) is 15.8. The Morgan fingerprint density at radius 3 is 2.95 bits per heavy atom. The molecule has 0 heterocycles. The fourth-order valence-corrected chi connectivity index (χ4v) is 2.45. The average molecular weight is 280 g/mol. The molecule has 19 heavy (non-hydrogen) atoms. The highest BCUT2D eigenvalue weighted by Crippen LogP contribution is 2.19. The van der Waals surface area contributed by atoms with Crippen LogP contribution in [0.2, 0.25) is 0 Å². The molecule has 5 heteroatoms. The number of ether oxygens (including phenoxy) is 1. The third-order valence-corrected chi connectivity index (χ3v) is 3.67. The van der Waals surface area contributed by atoms with E-state index < -0.39 is 0 Å². The highest BCUT2D eigenvalue weighted by atomic mass is 32.2. The molecular formula is C14H20N2O2S. The Labute approximate surface area is 118 Å². The largest absolute Gasteiger partial charge is 0.496 e. The Morgan fingerprint density at radius 1 is 1.42 bits per heavy atom.